The van der Waals surface area contributed by atoms with Crippen molar-refractivity contribution >= 4 is 17.8 Å². The molecule has 0 bridgehead atoms. The smallest absolute Gasteiger partial charge is 0.272 e. The Labute approximate surface area is 189 Å². The van der Waals surface area contributed by atoms with Gasteiger partial charge in [0.25, 0.3) is 5.92 Å². The Bertz CT molecular complexity index is 880. The number of rotatable bonds is 6. The lowest BCUT2D eigenvalue weighted by Gasteiger charge is -2.53. The van der Waals surface area contributed by atoms with E-state index in [4.69, 9.17) is 0 Å². The first-order valence-electron chi connectivity index (χ1n) is 11.7. The van der Waals surface area contributed by atoms with Gasteiger partial charge in [0.1, 0.15) is 5.82 Å². The van der Waals surface area contributed by atoms with Crippen LogP contribution in [0.3, 0.4) is 0 Å². The second-order valence-electron chi connectivity index (χ2n) is 10.8. The molecule has 3 saturated carbocycles. The molecular weight excluding hydrogens is 412 g/mol. The van der Waals surface area contributed by atoms with E-state index >= 15 is 0 Å². The van der Waals surface area contributed by atoms with Crippen LogP contribution in [-0.2, 0) is 5.92 Å². The maximum Gasteiger partial charge on any atom is 0.272 e. The molecule has 2 heterocycles. The lowest BCUT2D eigenvalue weighted by molar-refractivity contribution is 0.0171. The van der Waals surface area contributed by atoms with E-state index in [1.165, 1.54) is 42.9 Å². The fourth-order valence-electron chi connectivity index (χ4n) is 7.39. The molecule has 0 radical (unpaired) electrons. The Balaban J connectivity index is 1.23. The van der Waals surface area contributed by atoms with Gasteiger partial charge in [-0.15, -0.1) is 0 Å². The maximum atomic E-state index is 13.5. The molecule has 3 nitrogen and oxygen atoms in total. The fourth-order valence-corrected chi connectivity index (χ4v) is 8.88. The van der Waals surface area contributed by atoms with Crippen LogP contribution < -0.4 is 4.90 Å². The zero-order valence-electron chi connectivity index (χ0n) is 19.3. The summed E-state index contributed by atoms with van der Waals surface area (Å²) in [4.78, 5) is 6.68. The third-order valence-electron chi connectivity index (χ3n) is 9.42. The quantitative estimate of drug-likeness (QED) is 0.386. The number of piperazine rings is 1. The Morgan fingerprint density at radius 1 is 1.26 bits per heavy atom. The van der Waals surface area contributed by atoms with Crippen LogP contribution in [-0.4, -0.2) is 40.7 Å². The molecule has 170 valence electrons. The Hall–Kier alpha value is -1.14. The zero-order valence-corrected chi connectivity index (χ0v) is 20.1. The van der Waals surface area contributed by atoms with Crippen LogP contribution in [0.15, 0.2) is 30.5 Å². The van der Waals surface area contributed by atoms with Crippen LogP contribution in [0.5, 0.6) is 0 Å². The third-order valence-corrected chi connectivity index (χ3v) is 10.7. The van der Waals surface area contributed by atoms with E-state index in [2.05, 4.69) is 41.5 Å². The van der Waals surface area contributed by atoms with Crippen molar-refractivity contribution in [3.05, 3.63) is 36.0 Å². The summed E-state index contributed by atoms with van der Waals surface area (Å²) in [6, 6.07) is 3.63. The molecule has 4 aliphatic rings. The van der Waals surface area contributed by atoms with Gasteiger partial charge in [0, 0.05) is 55.5 Å². The van der Waals surface area contributed by atoms with Gasteiger partial charge in [-0.1, -0.05) is 44.9 Å². The first-order valence-corrected chi connectivity index (χ1v) is 12.7. The van der Waals surface area contributed by atoms with Crippen LogP contribution in [0.25, 0.3) is 0 Å². The minimum Gasteiger partial charge on any atom is -0.351 e. The number of hydrogen-bond acceptors (Lipinski definition) is 4. The summed E-state index contributed by atoms with van der Waals surface area (Å²) in [5.41, 5.74) is 2.87. The lowest BCUT2D eigenvalue weighted by atomic mass is 9.54. The van der Waals surface area contributed by atoms with Crippen molar-refractivity contribution in [3.8, 4) is 0 Å². The minimum absolute atomic E-state index is 0.0229. The van der Waals surface area contributed by atoms with Crippen LogP contribution in [0.4, 0.5) is 14.6 Å². The average molecular weight is 448 g/mol. The van der Waals surface area contributed by atoms with Crippen molar-refractivity contribution in [1.82, 2.24) is 9.29 Å². The average Bonchev–Trinajstić information content (AvgIpc) is 3.16. The predicted octanol–water partition coefficient (Wildman–Crippen LogP) is 6.12. The van der Waals surface area contributed by atoms with Gasteiger partial charge in [-0.05, 0) is 54.6 Å². The predicted molar refractivity (Wildman–Crippen MR) is 124 cm³/mol. The number of halogens is 2. The highest BCUT2D eigenvalue weighted by Gasteiger charge is 2.86. The molecule has 5 rings (SSSR count). The van der Waals surface area contributed by atoms with E-state index < -0.39 is 5.92 Å². The van der Waals surface area contributed by atoms with Crippen molar-refractivity contribution < 1.29 is 8.78 Å². The monoisotopic (exact) mass is 447 g/mol. The van der Waals surface area contributed by atoms with Gasteiger partial charge in [-0.25, -0.2) is 18.1 Å². The molecule has 1 aromatic rings. The van der Waals surface area contributed by atoms with E-state index in [9.17, 15) is 8.78 Å². The SMILES string of the molecule is C=C1CC2C(C)(C)C23CCC13CSN1CCN(c2ccc(C(C)(F)F)cn2)C(CC)C1. The first kappa shape index (κ1) is 21.7. The lowest BCUT2D eigenvalue weighted by Crippen LogP contribution is -2.52. The van der Waals surface area contributed by atoms with Crippen LogP contribution in [0.2, 0.25) is 0 Å². The Morgan fingerprint density at radius 2 is 2.03 bits per heavy atom. The molecule has 4 atom stereocenters. The number of aromatic nitrogens is 1. The maximum absolute atomic E-state index is 13.5. The third kappa shape index (κ3) is 2.89. The first-order chi connectivity index (χ1) is 14.6. The van der Waals surface area contributed by atoms with Crippen molar-refractivity contribution in [2.75, 3.05) is 30.3 Å². The van der Waals surface area contributed by atoms with Crippen LogP contribution in [0, 0.1) is 22.2 Å². The molecular formula is C25H35F2N3S. The van der Waals surface area contributed by atoms with Crippen molar-refractivity contribution in [2.24, 2.45) is 22.2 Å². The second kappa shape index (κ2) is 6.93. The zero-order chi connectivity index (χ0) is 22.2. The van der Waals surface area contributed by atoms with Gasteiger partial charge in [0.15, 0.2) is 0 Å². The summed E-state index contributed by atoms with van der Waals surface area (Å²) in [5, 5.41) is 0. The van der Waals surface area contributed by atoms with Gasteiger partial charge >= 0.3 is 0 Å². The topological polar surface area (TPSA) is 19.4 Å². The number of allylic oxidation sites excluding steroid dienone is 1. The summed E-state index contributed by atoms with van der Waals surface area (Å²) in [6.07, 6.45) is 6.28. The standard InChI is InChI=1S/C25H35F2N3S/c1-6-19-15-29(11-12-30(19)21-8-7-18(14-28-21)23(5,26)27)31-16-24-9-10-25(24)20(13-17(24)2)22(25,3)4/h7-8,14,19-20H,2,6,9-13,15-16H2,1,3-5H3. The van der Waals surface area contributed by atoms with E-state index in [1.807, 2.05) is 11.9 Å². The van der Waals surface area contributed by atoms with E-state index in [1.54, 1.807) is 6.07 Å². The number of hydrogen-bond donors (Lipinski definition) is 0. The minimum atomic E-state index is -2.84. The molecule has 1 saturated heterocycles. The molecule has 0 amide bonds. The highest BCUT2D eigenvalue weighted by molar-refractivity contribution is 7.97. The molecule has 4 unspecified atom stereocenters. The largest absolute Gasteiger partial charge is 0.351 e. The molecule has 31 heavy (non-hydrogen) atoms. The van der Waals surface area contributed by atoms with Gasteiger partial charge in [0.2, 0.25) is 0 Å². The Kier molecular flexibility index (Phi) is 4.85. The second-order valence-corrected chi connectivity index (χ2v) is 11.9. The van der Waals surface area contributed by atoms with Crippen LogP contribution >= 0.6 is 11.9 Å². The van der Waals surface area contributed by atoms with Crippen molar-refractivity contribution in [2.45, 2.75) is 65.3 Å². The molecule has 1 aromatic heterocycles. The molecule has 0 aromatic carbocycles. The fraction of sp³-hybridized carbons (Fsp3) is 0.720. The summed E-state index contributed by atoms with van der Waals surface area (Å²) in [5.74, 6) is -0.0110. The van der Waals surface area contributed by atoms with Gasteiger partial charge < -0.3 is 4.90 Å². The Morgan fingerprint density at radius 3 is 2.61 bits per heavy atom. The normalized spacial score (nSPS) is 36.7. The number of alkyl halides is 2. The van der Waals surface area contributed by atoms with E-state index in [-0.39, 0.29) is 5.56 Å². The van der Waals surface area contributed by atoms with Gasteiger partial charge in [-0.3, -0.25) is 0 Å². The number of pyridine rings is 1. The molecule has 0 N–H and O–H groups in total. The summed E-state index contributed by atoms with van der Waals surface area (Å²) >= 11 is 2.03. The molecule has 1 aliphatic heterocycles. The summed E-state index contributed by atoms with van der Waals surface area (Å²) in [7, 11) is 0. The van der Waals surface area contributed by atoms with E-state index in [0.717, 1.165) is 44.7 Å². The summed E-state index contributed by atoms with van der Waals surface area (Å²) in [6.45, 7) is 15.4. The van der Waals surface area contributed by atoms with Crippen LogP contribution in [0.1, 0.15) is 58.9 Å². The van der Waals surface area contributed by atoms with Crippen molar-refractivity contribution in [1.29, 1.82) is 0 Å². The number of anilines is 1. The molecule has 3 aliphatic carbocycles. The van der Waals surface area contributed by atoms with Gasteiger partial charge in [-0.2, -0.15) is 0 Å². The van der Waals surface area contributed by atoms with E-state index in [0.29, 0.717) is 22.3 Å². The highest BCUT2D eigenvalue weighted by Crippen LogP contribution is 2.91. The van der Waals surface area contributed by atoms with Crippen molar-refractivity contribution in [3.63, 3.8) is 0 Å². The molecule has 4 fully saturated rings. The molecule has 1 spiro atoms. The number of nitrogens with zero attached hydrogens (tertiary/aromatic N) is 3. The highest BCUT2D eigenvalue weighted by atomic mass is 32.2. The summed E-state index contributed by atoms with van der Waals surface area (Å²) < 4.78 is 29.6. The van der Waals surface area contributed by atoms with Gasteiger partial charge in [0.05, 0.1) is 0 Å². The molecule has 6 heteroatoms.